The Hall–Kier alpha value is -4.31. The smallest absolute Gasteiger partial charge is 0.259 e. The number of anilines is 4. The molecule has 1 aromatic carbocycles. The van der Waals surface area contributed by atoms with Crippen LogP contribution in [0.15, 0.2) is 59.7 Å². The molecule has 3 fully saturated rings. The molecule has 1 unspecified atom stereocenters. The van der Waals surface area contributed by atoms with Gasteiger partial charge >= 0.3 is 0 Å². The lowest BCUT2D eigenvalue weighted by Crippen LogP contribution is -2.43. The lowest BCUT2D eigenvalue weighted by molar-refractivity contribution is -0.120. The van der Waals surface area contributed by atoms with E-state index in [2.05, 4.69) is 35.8 Å². The van der Waals surface area contributed by atoms with Gasteiger partial charge in [0.05, 0.1) is 34.2 Å². The molecular weight excluding hydrogens is 521 g/mol. The Morgan fingerprint density at radius 3 is 2.68 bits per heavy atom. The average molecular weight is 554 g/mol. The number of fused-ring (bicyclic) bond motifs is 3. The average Bonchev–Trinajstić information content (AvgIpc) is 3.62. The number of piperazine rings is 1. The number of halogens is 1. The highest BCUT2D eigenvalue weighted by molar-refractivity contribution is 5.95. The SMILES string of the molecule is O=C(Nc1ccc(-c2cc(Nc3ccc(N4C[C@H]5CC4CN5)cn3)c3c(=O)[nH]ccc3n2)c(F)c1)C1CCCCC1. The predicted molar refractivity (Wildman–Crippen MR) is 158 cm³/mol. The Kier molecular flexibility index (Phi) is 6.62. The molecule has 0 spiro atoms. The first-order valence-electron chi connectivity index (χ1n) is 14.4. The summed E-state index contributed by atoms with van der Waals surface area (Å²) in [6.07, 6.45) is 9.53. The molecule has 9 nitrogen and oxygen atoms in total. The monoisotopic (exact) mass is 553 g/mol. The summed E-state index contributed by atoms with van der Waals surface area (Å²) in [5.74, 6) is -0.0190. The van der Waals surface area contributed by atoms with Gasteiger partial charge in [-0.2, -0.15) is 0 Å². The lowest BCUT2D eigenvalue weighted by atomic mass is 9.88. The second kappa shape index (κ2) is 10.6. The predicted octanol–water partition coefficient (Wildman–Crippen LogP) is 4.94. The molecule has 41 heavy (non-hydrogen) atoms. The third kappa shape index (κ3) is 5.04. The molecule has 4 aromatic rings. The normalized spacial score (nSPS) is 20.5. The number of pyridine rings is 3. The molecule has 10 heteroatoms. The van der Waals surface area contributed by atoms with Crippen LogP contribution in [0.3, 0.4) is 0 Å². The van der Waals surface area contributed by atoms with Crippen molar-refractivity contribution in [1.82, 2.24) is 20.3 Å². The molecule has 4 N–H and O–H groups in total. The summed E-state index contributed by atoms with van der Waals surface area (Å²) in [7, 11) is 0. The van der Waals surface area contributed by atoms with Crippen LogP contribution < -0.4 is 26.4 Å². The van der Waals surface area contributed by atoms with Crippen LogP contribution in [-0.2, 0) is 4.79 Å². The van der Waals surface area contributed by atoms with Crippen molar-refractivity contribution in [2.24, 2.45) is 5.92 Å². The summed E-state index contributed by atoms with van der Waals surface area (Å²) in [5.41, 5.74) is 2.73. The molecule has 1 aliphatic carbocycles. The summed E-state index contributed by atoms with van der Waals surface area (Å²) in [4.78, 5) is 39.8. The summed E-state index contributed by atoms with van der Waals surface area (Å²) >= 11 is 0. The van der Waals surface area contributed by atoms with E-state index >= 15 is 4.39 Å². The van der Waals surface area contributed by atoms with Gasteiger partial charge in [-0.05, 0) is 61.7 Å². The first-order chi connectivity index (χ1) is 20.0. The molecule has 5 heterocycles. The second-order valence-corrected chi connectivity index (χ2v) is 11.3. The molecule has 7 rings (SSSR count). The van der Waals surface area contributed by atoms with E-state index in [0.717, 1.165) is 57.3 Å². The Labute approximate surface area is 236 Å². The lowest BCUT2D eigenvalue weighted by Gasteiger charge is -2.29. The van der Waals surface area contributed by atoms with Gasteiger partial charge in [-0.1, -0.05) is 19.3 Å². The zero-order valence-electron chi connectivity index (χ0n) is 22.6. The van der Waals surface area contributed by atoms with E-state index in [1.807, 2.05) is 18.3 Å². The minimum absolute atomic E-state index is 0.0227. The van der Waals surface area contributed by atoms with Gasteiger partial charge in [-0.15, -0.1) is 0 Å². The van der Waals surface area contributed by atoms with Gasteiger partial charge in [0.2, 0.25) is 5.91 Å². The number of nitrogens with one attached hydrogen (secondary N) is 4. The highest BCUT2D eigenvalue weighted by atomic mass is 19.1. The first kappa shape index (κ1) is 25.6. The van der Waals surface area contributed by atoms with Crippen molar-refractivity contribution in [3.8, 4) is 11.3 Å². The van der Waals surface area contributed by atoms with Crippen molar-refractivity contribution < 1.29 is 9.18 Å². The fourth-order valence-corrected chi connectivity index (χ4v) is 6.48. The van der Waals surface area contributed by atoms with Crippen LogP contribution in [0.25, 0.3) is 22.2 Å². The van der Waals surface area contributed by atoms with Gasteiger partial charge in [0.25, 0.3) is 5.56 Å². The van der Waals surface area contributed by atoms with Gasteiger partial charge in [0.15, 0.2) is 0 Å². The minimum atomic E-state index is -0.508. The van der Waals surface area contributed by atoms with Crippen LogP contribution in [0, 0.1) is 11.7 Å². The molecule has 3 aromatic heterocycles. The van der Waals surface area contributed by atoms with Crippen molar-refractivity contribution >= 4 is 39.7 Å². The number of amides is 1. The van der Waals surface area contributed by atoms with Crippen LogP contribution in [0.2, 0.25) is 0 Å². The summed E-state index contributed by atoms with van der Waals surface area (Å²) in [6.45, 7) is 1.96. The van der Waals surface area contributed by atoms with E-state index in [-0.39, 0.29) is 22.9 Å². The van der Waals surface area contributed by atoms with Gasteiger partial charge in [-0.25, -0.2) is 14.4 Å². The van der Waals surface area contributed by atoms with Crippen LogP contribution in [-0.4, -0.2) is 46.0 Å². The van der Waals surface area contributed by atoms with Crippen molar-refractivity contribution in [3.05, 3.63) is 71.0 Å². The number of nitrogens with zero attached hydrogens (tertiary/aromatic N) is 3. The summed E-state index contributed by atoms with van der Waals surface area (Å²) < 4.78 is 15.4. The quantitative estimate of drug-likeness (QED) is 0.267. The Morgan fingerprint density at radius 1 is 1.07 bits per heavy atom. The van der Waals surface area contributed by atoms with Crippen molar-refractivity contribution in [3.63, 3.8) is 0 Å². The van der Waals surface area contributed by atoms with E-state index < -0.39 is 5.82 Å². The molecule has 3 aliphatic rings. The Balaban J connectivity index is 1.16. The van der Waals surface area contributed by atoms with Crippen molar-refractivity contribution in [2.75, 3.05) is 28.6 Å². The molecule has 210 valence electrons. The molecule has 2 aliphatic heterocycles. The molecule has 1 amide bonds. The zero-order valence-corrected chi connectivity index (χ0v) is 22.6. The second-order valence-electron chi connectivity index (χ2n) is 11.3. The third-order valence-electron chi connectivity index (χ3n) is 8.62. The Bertz CT molecular complexity index is 1670. The van der Waals surface area contributed by atoms with Crippen LogP contribution >= 0.6 is 0 Å². The van der Waals surface area contributed by atoms with Crippen LogP contribution in [0.5, 0.6) is 0 Å². The molecule has 1 saturated carbocycles. The molecule has 2 saturated heterocycles. The van der Waals surface area contributed by atoms with Gasteiger partial charge in [0, 0.05) is 48.5 Å². The molecule has 0 radical (unpaired) electrons. The van der Waals surface area contributed by atoms with Gasteiger partial charge < -0.3 is 25.8 Å². The number of carbonyl (C=O) groups is 1. The highest BCUT2D eigenvalue weighted by Gasteiger charge is 2.37. The summed E-state index contributed by atoms with van der Waals surface area (Å²) in [6, 6.07) is 12.9. The number of rotatable bonds is 6. The third-order valence-corrected chi connectivity index (χ3v) is 8.62. The first-order valence-corrected chi connectivity index (χ1v) is 14.4. The van der Waals surface area contributed by atoms with E-state index in [1.54, 1.807) is 24.3 Å². The van der Waals surface area contributed by atoms with E-state index in [4.69, 9.17) is 0 Å². The largest absolute Gasteiger partial charge is 0.364 e. The van der Waals surface area contributed by atoms with Crippen LogP contribution in [0.1, 0.15) is 38.5 Å². The maximum absolute atomic E-state index is 15.4. The molecule has 2 bridgehead atoms. The van der Waals surface area contributed by atoms with Gasteiger partial charge in [0.1, 0.15) is 11.6 Å². The fraction of sp³-hybridized carbons (Fsp3) is 0.355. The maximum atomic E-state index is 15.4. The number of carbonyl (C=O) groups excluding carboxylic acids is 1. The van der Waals surface area contributed by atoms with Crippen molar-refractivity contribution in [1.29, 1.82) is 0 Å². The number of hydrogen-bond acceptors (Lipinski definition) is 7. The fourth-order valence-electron chi connectivity index (χ4n) is 6.48. The van der Waals surface area contributed by atoms with E-state index in [0.29, 0.717) is 45.9 Å². The van der Waals surface area contributed by atoms with E-state index in [1.165, 1.54) is 12.3 Å². The number of benzene rings is 1. The van der Waals surface area contributed by atoms with Crippen molar-refractivity contribution in [2.45, 2.75) is 50.6 Å². The van der Waals surface area contributed by atoms with Crippen LogP contribution in [0.4, 0.5) is 27.3 Å². The standard InChI is InChI=1S/C31H32FN7O2/c32-24-13-19(36-30(40)18-4-2-1-3-5-18)6-8-23(24)26-14-27(29-25(37-26)10-11-33-31(29)41)38-28-9-7-21(15-35-28)39-17-20-12-22(39)16-34-20/h6-11,13-15,18,20,22,34H,1-5,12,16-17H2,(H,33,41)(H,36,40)(H,35,37,38)/t20-,22?/m1/s1. The molecular formula is C31H32FN7O2. The number of aromatic nitrogens is 3. The number of hydrogen-bond donors (Lipinski definition) is 4. The number of H-pyrrole nitrogens is 1. The van der Waals surface area contributed by atoms with E-state index in [9.17, 15) is 9.59 Å². The number of aromatic amines is 1. The minimum Gasteiger partial charge on any atom is -0.364 e. The molecule has 2 atom stereocenters. The highest BCUT2D eigenvalue weighted by Crippen LogP contribution is 2.33. The summed E-state index contributed by atoms with van der Waals surface area (Å²) in [5, 5.41) is 10.0. The Morgan fingerprint density at radius 2 is 1.95 bits per heavy atom. The van der Waals surface area contributed by atoms with Gasteiger partial charge in [-0.3, -0.25) is 9.59 Å². The zero-order chi connectivity index (χ0) is 27.9. The topological polar surface area (TPSA) is 115 Å². The maximum Gasteiger partial charge on any atom is 0.259 e.